The molecule has 3 aromatic heterocycles. The van der Waals surface area contributed by atoms with Gasteiger partial charge < -0.3 is 93.5 Å². The van der Waals surface area contributed by atoms with Gasteiger partial charge in [-0.2, -0.15) is 4.98 Å². The molecule has 0 saturated carbocycles. The standard InChI is InChI=1S/C67H92N16O22S3/c1-32-9-7-11-45-46(26-47(33(2)23-38-30-106-35(4)74-38)105-52(90)27-48(84)67(5,6)55(92)34(3)54(32)91)83(45)19-20-103-66(102)104-21-22-107-108-31-44(63(100)101)80-60(96)43(25-51(88)89)79-58(94)40(10-8-18-71-64(68)69)77-59(95)42(24-50(86)87)76-49(85)17-16-41(62(98)99)78-57(93)36-12-14-37(15-13-36)72-28-39-29-73-56-53(75-39)61(97)82-65(70)81-56/h12-15,23,29-30,32,34,40-48,54,72,84,91H,7-11,16-22,24-28,31H2,1-6H3,(H,76,85)(H,77,95)(H,78,93)(H,79,94)(H,80,96)(H,86,87)(H,88,89)(H,98,99)(H,100,101)(H4,68,69,71)(H3,70,73,81,82,97)/b33-23+/t32?,34-,40+,41+,42+,43+,44+,45-,46+,47+,48?,54+,83?/m1/s1. The largest absolute Gasteiger partial charge is 0.508 e. The molecule has 2 aliphatic heterocycles. The number of benzene rings is 1. The van der Waals surface area contributed by atoms with Gasteiger partial charge in [0.25, 0.3) is 11.5 Å². The summed E-state index contributed by atoms with van der Waals surface area (Å²) in [5.41, 5.74) is 11.2. The van der Waals surface area contributed by atoms with Crippen LogP contribution in [0.25, 0.3) is 17.2 Å². The lowest BCUT2D eigenvalue weighted by molar-refractivity contribution is -0.155. The van der Waals surface area contributed by atoms with Crippen LogP contribution >= 0.6 is 32.9 Å². The van der Waals surface area contributed by atoms with Gasteiger partial charge in [-0.25, -0.2) is 29.3 Å². The number of guanidine groups is 1. The number of carboxylic acids is 4. The van der Waals surface area contributed by atoms with Gasteiger partial charge in [-0.15, -0.1) is 11.3 Å². The van der Waals surface area contributed by atoms with E-state index in [0.29, 0.717) is 48.3 Å². The maximum atomic E-state index is 14.0. The number of carboxylic acid groups (broad SMARTS) is 4. The molecule has 3 unspecified atom stereocenters. The van der Waals surface area contributed by atoms with Crippen LogP contribution in [0.3, 0.4) is 0 Å². The fourth-order valence-electron chi connectivity index (χ4n) is 11.7. The summed E-state index contributed by atoms with van der Waals surface area (Å²) in [6.45, 7) is 10.2. The molecule has 5 heterocycles. The molecule has 2 aliphatic rings. The molecule has 590 valence electrons. The molecule has 0 bridgehead atoms. The third-order valence-electron chi connectivity index (χ3n) is 17.9. The van der Waals surface area contributed by atoms with Crippen LogP contribution in [-0.2, 0) is 68.7 Å². The van der Waals surface area contributed by atoms with E-state index in [9.17, 15) is 93.0 Å². The molecule has 108 heavy (non-hydrogen) atoms. The summed E-state index contributed by atoms with van der Waals surface area (Å²) >= 11 is 1.45. The van der Waals surface area contributed by atoms with Gasteiger partial charge in [0.05, 0.1) is 66.0 Å². The highest BCUT2D eigenvalue weighted by Crippen LogP contribution is 2.39. The highest BCUT2D eigenvalue weighted by atomic mass is 33.1. The number of fused-ring (bicyclic) bond motifs is 2. The monoisotopic (exact) mass is 1570 g/mol. The Balaban J connectivity index is 0.984. The zero-order valence-electron chi connectivity index (χ0n) is 60.0. The number of aliphatic hydroxyl groups excluding tert-OH is 2. The zero-order valence-corrected chi connectivity index (χ0v) is 62.5. The molecule has 4 aromatic rings. The Morgan fingerprint density at radius 1 is 0.824 bits per heavy atom. The summed E-state index contributed by atoms with van der Waals surface area (Å²) < 4.78 is 16.7. The number of aromatic nitrogens is 5. The number of hydrogen-bond acceptors (Lipinski definition) is 29. The van der Waals surface area contributed by atoms with Crippen molar-refractivity contribution in [3.8, 4) is 0 Å². The molecule has 5 amide bonds. The number of ether oxygens (including phenoxy) is 3. The molecule has 0 radical (unpaired) electrons. The smallest absolute Gasteiger partial charge is 0.481 e. The number of thiazole rings is 1. The molecule has 41 heteroatoms. The number of amides is 5. The summed E-state index contributed by atoms with van der Waals surface area (Å²) in [5, 5.41) is 88.9. The predicted molar refractivity (Wildman–Crippen MR) is 392 cm³/mol. The number of ketones is 1. The van der Waals surface area contributed by atoms with Crippen LogP contribution in [-0.4, -0.2) is 236 Å². The fourth-order valence-corrected chi connectivity index (χ4v) is 14.3. The Bertz CT molecular complexity index is 4000. The van der Waals surface area contributed by atoms with Crippen molar-refractivity contribution < 1.29 is 102 Å². The molecular formula is C67H92N16O22S3. The number of H-pyrrole nitrogens is 1. The minimum Gasteiger partial charge on any atom is -0.481 e. The van der Waals surface area contributed by atoms with Crippen molar-refractivity contribution in [3.05, 3.63) is 73.7 Å². The van der Waals surface area contributed by atoms with Gasteiger partial charge in [0.2, 0.25) is 29.6 Å². The number of Topliss-reactive ketones (excluding diaryl/α,β-unsaturated/α-hetero) is 1. The predicted octanol–water partition coefficient (Wildman–Crippen LogP) is 1.03. The summed E-state index contributed by atoms with van der Waals surface area (Å²) in [5.74, 6) is -15.3. The first kappa shape index (κ1) is 86.8. The Labute approximate surface area is 630 Å². The number of carbonyl (C=O) groups excluding carboxylic acids is 8. The van der Waals surface area contributed by atoms with E-state index in [1.54, 1.807) is 20.8 Å². The number of aliphatic carboxylic acids is 4. The maximum Gasteiger partial charge on any atom is 0.508 e. The lowest BCUT2D eigenvalue weighted by Crippen LogP contribution is -2.58. The number of aryl methyl sites for hydroxylation is 1. The lowest BCUT2D eigenvalue weighted by Gasteiger charge is -2.34. The first-order valence-corrected chi connectivity index (χ1v) is 37.7. The maximum absolute atomic E-state index is 14.0. The zero-order chi connectivity index (χ0) is 79.7. The number of anilines is 2. The Morgan fingerprint density at radius 3 is 2.10 bits per heavy atom. The van der Waals surface area contributed by atoms with Crippen LogP contribution < -0.4 is 54.2 Å². The van der Waals surface area contributed by atoms with Crippen molar-refractivity contribution >= 4 is 139 Å². The molecule has 2 fully saturated rings. The van der Waals surface area contributed by atoms with Crippen molar-refractivity contribution in [3.63, 3.8) is 0 Å². The first-order chi connectivity index (χ1) is 51.0. The lowest BCUT2D eigenvalue weighted by atomic mass is 9.73. The van der Waals surface area contributed by atoms with Crippen molar-refractivity contribution in [1.29, 1.82) is 5.41 Å². The average Bonchev–Trinajstić information content (AvgIpc) is 1.61. The number of aromatic amines is 1. The summed E-state index contributed by atoms with van der Waals surface area (Å²) in [6, 6.07) is -3.59. The van der Waals surface area contributed by atoms with Gasteiger partial charge >= 0.3 is 36.0 Å². The van der Waals surface area contributed by atoms with Gasteiger partial charge in [-0.1, -0.05) is 55.7 Å². The number of hydrogen-bond donors (Lipinski definition) is 17. The van der Waals surface area contributed by atoms with Crippen molar-refractivity contribution in [1.82, 2.24) is 61.7 Å². The van der Waals surface area contributed by atoms with Crippen molar-refractivity contribution in [2.75, 3.05) is 48.9 Å². The third-order valence-corrected chi connectivity index (χ3v) is 21.0. The van der Waals surface area contributed by atoms with Gasteiger partial charge in [-0.3, -0.25) is 63.2 Å². The third kappa shape index (κ3) is 27.3. The van der Waals surface area contributed by atoms with Crippen LogP contribution in [0.5, 0.6) is 0 Å². The number of rotatable bonds is 36. The van der Waals surface area contributed by atoms with Gasteiger partial charge in [-0.05, 0) is 87.8 Å². The highest BCUT2D eigenvalue weighted by molar-refractivity contribution is 8.76. The number of nitrogens with zero attached hydrogens (tertiary/aromatic N) is 5. The average molecular weight is 1570 g/mol. The van der Waals surface area contributed by atoms with E-state index < -0.39 is 169 Å². The van der Waals surface area contributed by atoms with Crippen molar-refractivity contribution in [2.45, 2.75) is 179 Å². The second kappa shape index (κ2) is 41.3. The number of aliphatic hydroxyl groups is 2. The summed E-state index contributed by atoms with van der Waals surface area (Å²) in [4.78, 5) is 190. The van der Waals surface area contributed by atoms with E-state index in [0.717, 1.165) is 26.6 Å². The normalized spacial score (nSPS) is 20.9. The Morgan fingerprint density at radius 2 is 1.46 bits per heavy atom. The Hall–Kier alpha value is -10.1. The second-order valence-corrected chi connectivity index (χ2v) is 30.1. The minimum atomic E-state index is -2.00. The number of esters is 1. The van der Waals surface area contributed by atoms with E-state index in [1.807, 2.05) is 32.2 Å². The van der Waals surface area contributed by atoms with E-state index >= 15 is 0 Å². The molecule has 2 saturated heterocycles. The molecule has 19 N–H and O–H groups in total. The summed E-state index contributed by atoms with van der Waals surface area (Å²) in [6.07, 6.45) is -3.15. The molecule has 0 spiro atoms. The van der Waals surface area contributed by atoms with Gasteiger partial charge in [0.1, 0.15) is 55.3 Å². The fraction of sp³-hybridized carbons (Fsp3) is 0.552. The van der Waals surface area contributed by atoms with Crippen molar-refractivity contribution in [2.24, 2.45) is 23.0 Å². The van der Waals surface area contributed by atoms with Gasteiger partial charge in [0.15, 0.2) is 17.1 Å². The molecule has 38 nitrogen and oxygen atoms in total. The number of nitrogens with two attached hydrogens (primary N) is 2. The van der Waals surface area contributed by atoms with Crippen LogP contribution in [0.1, 0.15) is 132 Å². The number of cyclic esters (lactones) is 1. The molecule has 0 aliphatic carbocycles. The quantitative estimate of drug-likeness (QED) is 0.00755. The SMILES string of the molecule is C/C(=C\c1csc(C)n1)[C@@H]1C[C@H]2[C@@H](CCCC(C)[C@H](O)[C@@H](C)C(=O)C(C)(C)C(O)CC(=O)O1)N2CCOC(=O)OCCSSC[C@H](NC(=O)[C@H](CC(=O)O)NC(=O)[C@H](CCCNC(=N)N)NC(=O)[C@H](CC(=O)O)NC(=O)CC[C@H](NC(=O)c1ccc(NCc2cnc3nc(N)[nH]c(=O)c3n2)cc1)C(=O)O)C(=O)O. The highest BCUT2D eigenvalue weighted by Gasteiger charge is 2.49. The number of nitrogens with one attached hydrogen (secondary N) is 9. The van der Waals surface area contributed by atoms with Gasteiger partial charge in [0, 0.05) is 72.1 Å². The molecule has 13 atom stereocenters. The molecule has 1 aromatic carbocycles. The van der Waals surface area contributed by atoms with E-state index in [-0.39, 0.29) is 104 Å². The van der Waals surface area contributed by atoms with Crippen LogP contribution in [0, 0.1) is 29.6 Å². The Kier molecular flexibility index (Phi) is 33.2. The topological polar surface area (TPSA) is 601 Å². The van der Waals surface area contributed by atoms with E-state index in [2.05, 4.69) is 67.0 Å². The van der Waals surface area contributed by atoms with Crippen LogP contribution in [0.15, 0.2) is 46.2 Å². The number of carbonyl (C=O) groups is 12. The van der Waals surface area contributed by atoms with Crippen LogP contribution in [0.2, 0.25) is 0 Å². The first-order valence-electron chi connectivity index (χ1n) is 34.3. The molecule has 6 rings (SSSR count). The van der Waals surface area contributed by atoms with E-state index in [1.165, 1.54) is 41.8 Å². The second-order valence-electron chi connectivity index (χ2n) is 26.5. The minimum absolute atomic E-state index is 0.000406. The molecular weight excluding hydrogens is 1480 g/mol. The summed E-state index contributed by atoms with van der Waals surface area (Å²) in [7, 11) is 1.95. The van der Waals surface area contributed by atoms with Crippen LogP contribution in [0.4, 0.5) is 16.4 Å². The number of nitrogen functional groups attached to an aromatic ring is 1. The van der Waals surface area contributed by atoms with E-state index in [4.69, 9.17) is 31.1 Å².